The van der Waals surface area contributed by atoms with E-state index in [0.717, 1.165) is 17.1 Å². The summed E-state index contributed by atoms with van der Waals surface area (Å²) < 4.78 is 2.40. The molecule has 0 spiro atoms. The summed E-state index contributed by atoms with van der Waals surface area (Å²) >= 11 is 0. The third-order valence-corrected chi connectivity index (χ3v) is 10.6. The van der Waals surface area contributed by atoms with E-state index in [2.05, 4.69) is 228 Å². The highest BCUT2D eigenvalue weighted by Crippen LogP contribution is 2.45. The number of nitrogens with zero attached hydrogens (tertiary/aromatic N) is 2. The van der Waals surface area contributed by atoms with E-state index >= 15 is 0 Å². The Balaban J connectivity index is 1.14. The fourth-order valence-electron chi connectivity index (χ4n) is 8.03. The van der Waals surface area contributed by atoms with Crippen molar-refractivity contribution < 1.29 is 0 Å². The van der Waals surface area contributed by atoms with Gasteiger partial charge in [0.1, 0.15) is 0 Å². The summed E-state index contributed by atoms with van der Waals surface area (Å²) in [5.41, 5.74) is 15.4. The van der Waals surface area contributed by atoms with Crippen LogP contribution in [0.4, 0.5) is 17.1 Å². The van der Waals surface area contributed by atoms with Gasteiger partial charge in [-0.2, -0.15) is 0 Å². The molecule has 0 fully saturated rings. The van der Waals surface area contributed by atoms with Crippen LogP contribution in [0.15, 0.2) is 219 Å². The average Bonchev–Trinajstić information content (AvgIpc) is 3.58. The number of para-hydroxylation sites is 1. The average molecular weight is 689 g/mol. The highest BCUT2D eigenvalue weighted by Gasteiger charge is 2.21. The molecule has 54 heavy (non-hydrogen) atoms. The largest absolute Gasteiger partial charge is 0.315 e. The Kier molecular flexibility index (Phi) is 7.85. The molecule has 0 aliphatic carbocycles. The summed E-state index contributed by atoms with van der Waals surface area (Å²) in [5.74, 6) is 0. The van der Waals surface area contributed by atoms with Gasteiger partial charge in [0.2, 0.25) is 0 Å². The van der Waals surface area contributed by atoms with Gasteiger partial charge >= 0.3 is 0 Å². The molecule has 0 saturated carbocycles. The maximum absolute atomic E-state index is 2.40. The monoisotopic (exact) mass is 688 g/mol. The van der Waals surface area contributed by atoms with Crippen molar-refractivity contribution in [2.75, 3.05) is 4.90 Å². The Hall–Kier alpha value is -7.16. The molecule has 10 aromatic rings. The van der Waals surface area contributed by atoms with Crippen LogP contribution in [0.5, 0.6) is 0 Å². The van der Waals surface area contributed by atoms with E-state index in [-0.39, 0.29) is 0 Å². The van der Waals surface area contributed by atoms with Gasteiger partial charge in [0.15, 0.2) is 0 Å². The van der Waals surface area contributed by atoms with Gasteiger partial charge in [-0.15, -0.1) is 0 Å². The van der Waals surface area contributed by atoms with Crippen LogP contribution >= 0.6 is 0 Å². The third-order valence-electron chi connectivity index (χ3n) is 10.6. The molecular weight excluding hydrogens is 653 g/mol. The van der Waals surface area contributed by atoms with Crippen molar-refractivity contribution >= 4 is 44.3 Å². The molecular formula is C52H36N2. The van der Waals surface area contributed by atoms with Gasteiger partial charge in [-0.3, -0.25) is 0 Å². The van der Waals surface area contributed by atoms with Crippen LogP contribution in [-0.2, 0) is 0 Å². The van der Waals surface area contributed by atoms with Crippen molar-refractivity contribution in [3.8, 4) is 44.5 Å². The molecule has 0 radical (unpaired) electrons. The van der Waals surface area contributed by atoms with Crippen LogP contribution in [0, 0.1) is 0 Å². The summed E-state index contributed by atoms with van der Waals surface area (Å²) in [4.78, 5) is 2.35. The normalized spacial score (nSPS) is 11.3. The lowest BCUT2D eigenvalue weighted by atomic mass is 9.94. The standard InChI is InChI=1S/C52H36N2/c1-4-14-37(15-5-1)39-24-30-44(31-25-39)54(45-32-26-40(27-33-45)38-16-6-2-7-17-38)46-34-28-42(29-35-46)50-47-21-11-10-20-43(47)36-53-49-23-13-12-22-48(49)51(52(50)53)41-18-8-3-9-19-41/h1-36H. The number of aromatic nitrogens is 1. The van der Waals surface area contributed by atoms with E-state index in [1.165, 1.54) is 71.7 Å². The molecule has 0 N–H and O–H groups in total. The van der Waals surface area contributed by atoms with E-state index in [9.17, 15) is 0 Å². The van der Waals surface area contributed by atoms with Gasteiger partial charge in [0.25, 0.3) is 0 Å². The van der Waals surface area contributed by atoms with E-state index in [4.69, 9.17) is 0 Å². The van der Waals surface area contributed by atoms with Crippen molar-refractivity contribution in [3.63, 3.8) is 0 Å². The number of rotatable bonds is 7. The van der Waals surface area contributed by atoms with E-state index in [1.54, 1.807) is 0 Å². The fraction of sp³-hybridized carbons (Fsp3) is 0. The topological polar surface area (TPSA) is 7.65 Å². The lowest BCUT2D eigenvalue weighted by Gasteiger charge is -2.26. The molecule has 2 nitrogen and oxygen atoms in total. The van der Waals surface area contributed by atoms with Crippen LogP contribution in [0.25, 0.3) is 71.7 Å². The first kappa shape index (κ1) is 31.6. The predicted molar refractivity (Wildman–Crippen MR) is 229 cm³/mol. The van der Waals surface area contributed by atoms with Crippen molar-refractivity contribution in [1.29, 1.82) is 0 Å². The fourth-order valence-corrected chi connectivity index (χ4v) is 8.03. The Morgan fingerprint density at radius 1 is 0.296 bits per heavy atom. The van der Waals surface area contributed by atoms with Crippen LogP contribution in [0.1, 0.15) is 0 Å². The van der Waals surface area contributed by atoms with Gasteiger partial charge in [0, 0.05) is 39.8 Å². The Morgan fingerprint density at radius 3 is 1.20 bits per heavy atom. The summed E-state index contributed by atoms with van der Waals surface area (Å²) in [6.07, 6.45) is 2.30. The minimum atomic E-state index is 1.10. The maximum Gasteiger partial charge on any atom is 0.0625 e. The molecule has 0 aliphatic rings. The van der Waals surface area contributed by atoms with Gasteiger partial charge in [-0.05, 0) is 86.6 Å². The van der Waals surface area contributed by atoms with Crippen LogP contribution in [0.2, 0.25) is 0 Å². The quantitative estimate of drug-likeness (QED) is 0.162. The number of hydrogen-bond acceptors (Lipinski definition) is 1. The number of pyridine rings is 1. The first-order valence-electron chi connectivity index (χ1n) is 18.5. The zero-order chi connectivity index (χ0) is 35.8. The molecule has 254 valence electrons. The summed E-state index contributed by atoms with van der Waals surface area (Å²) in [6, 6.07) is 76.5. The molecule has 0 unspecified atom stereocenters. The number of hydrogen-bond donors (Lipinski definition) is 0. The highest BCUT2D eigenvalue weighted by molar-refractivity contribution is 6.16. The molecule has 0 aliphatic heterocycles. The number of benzene rings is 8. The van der Waals surface area contributed by atoms with Gasteiger partial charge in [-0.1, -0.05) is 170 Å². The smallest absolute Gasteiger partial charge is 0.0625 e. The van der Waals surface area contributed by atoms with E-state index < -0.39 is 0 Å². The second kappa shape index (κ2) is 13.4. The number of anilines is 3. The molecule has 8 aromatic carbocycles. The minimum Gasteiger partial charge on any atom is -0.315 e. The molecule has 0 saturated heterocycles. The Morgan fingerprint density at radius 2 is 0.667 bits per heavy atom. The van der Waals surface area contributed by atoms with Crippen LogP contribution in [-0.4, -0.2) is 4.40 Å². The summed E-state index contributed by atoms with van der Waals surface area (Å²) in [6.45, 7) is 0. The van der Waals surface area contributed by atoms with E-state index in [1.807, 2.05) is 0 Å². The van der Waals surface area contributed by atoms with Crippen molar-refractivity contribution in [3.05, 3.63) is 219 Å². The zero-order valence-electron chi connectivity index (χ0n) is 29.7. The lowest BCUT2D eigenvalue weighted by molar-refractivity contribution is 1.27. The van der Waals surface area contributed by atoms with Crippen LogP contribution < -0.4 is 4.90 Å². The molecule has 0 amide bonds. The van der Waals surface area contributed by atoms with Gasteiger partial charge < -0.3 is 9.30 Å². The van der Waals surface area contributed by atoms with Gasteiger partial charge in [0.05, 0.1) is 11.0 Å². The maximum atomic E-state index is 2.40. The van der Waals surface area contributed by atoms with Gasteiger partial charge in [-0.25, -0.2) is 0 Å². The zero-order valence-corrected chi connectivity index (χ0v) is 29.7. The second-order valence-corrected chi connectivity index (χ2v) is 13.8. The lowest BCUT2D eigenvalue weighted by Crippen LogP contribution is -2.09. The molecule has 2 heteroatoms. The Bertz CT molecular complexity index is 2790. The molecule has 0 atom stereocenters. The first-order chi connectivity index (χ1) is 26.8. The molecule has 10 rings (SSSR count). The van der Waals surface area contributed by atoms with Crippen molar-refractivity contribution in [1.82, 2.24) is 4.40 Å². The van der Waals surface area contributed by atoms with Crippen LogP contribution in [0.3, 0.4) is 0 Å². The number of fused-ring (bicyclic) bond motifs is 4. The summed E-state index contributed by atoms with van der Waals surface area (Å²) in [5, 5.41) is 3.70. The highest BCUT2D eigenvalue weighted by atomic mass is 15.1. The van der Waals surface area contributed by atoms with Crippen molar-refractivity contribution in [2.45, 2.75) is 0 Å². The Labute approximate surface area is 315 Å². The second-order valence-electron chi connectivity index (χ2n) is 13.8. The minimum absolute atomic E-state index is 1.10. The first-order valence-corrected chi connectivity index (χ1v) is 18.5. The predicted octanol–water partition coefficient (Wildman–Crippen LogP) is 14.4. The summed E-state index contributed by atoms with van der Waals surface area (Å²) in [7, 11) is 0. The third kappa shape index (κ3) is 5.53. The molecule has 0 bridgehead atoms. The SMILES string of the molecule is c1ccc(-c2ccc(N(c3ccc(-c4ccccc4)cc3)c3ccc(-c4c5ccccc5cn5c4c(-c4ccccc4)c4ccccc45)cc3)cc2)cc1. The van der Waals surface area contributed by atoms with E-state index in [0.29, 0.717) is 0 Å². The molecule has 2 heterocycles. The van der Waals surface area contributed by atoms with Crippen molar-refractivity contribution in [2.24, 2.45) is 0 Å². The molecule has 2 aromatic heterocycles.